The molecule has 0 saturated carbocycles. The number of aliphatic hydroxyl groups is 1. The number of fused-ring (bicyclic) bond motifs is 1. The van der Waals surface area contributed by atoms with Gasteiger partial charge in [0.05, 0.1) is 0 Å². The third-order valence-corrected chi connectivity index (χ3v) is 8.20. The zero-order chi connectivity index (χ0) is 29.0. The topological polar surface area (TPSA) is 56.6 Å². The molecule has 5 rings (SSSR count). The van der Waals surface area contributed by atoms with Gasteiger partial charge in [-0.15, -0.1) is 0 Å². The average Bonchev–Trinajstić information content (AvgIpc) is 2.97. The van der Waals surface area contributed by atoms with Crippen LogP contribution >= 0.6 is 15.9 Å². The van der Waals surface area contributed by atoms with Gasteiger partial charge in [-0.3, -0.25) is 0 Å². The van der Waals surface area contributed by atoms with E-state index < -0.39 is 11.5 Å². The van der Waals surface area contributed by atoms with Crippen molar-refractivity contribution in [2.24, 2.45) is 0 Å². The normalized spacial score (nSPS) is 20.7. The van der Waals surface area contributed by atoms with Crippen molar-refractivity contribution in [2.45, 2.75) is 30.8 Å². The van der Waals surface area contributed by atoms with E-state index in [0.717, 1.165) is 21.2 Å². The van der Waals surface area contributed by atoms with Crippen LogP contribution in [0.3, 0.4) is 0 Å². The molecule has 2 aliphatic rings. The second kappa shape index (κ2) is 12.4. The molecule has 41 heavy (non-hydrogen) atoms. The number of hydrogen-bond donors (Lipinski definition) is 2. The molecule has 0 radical (unpaired) electrons. The first-order valence-electron chi connectivity index (χ1n) is 13.6. The molecule has 0 bridgehead atoms. The van der Waals surface area contributed by atoms with Crippen LogP contribution in [0.2, 0.25) is 0 Å². The van der Waals surface area contributed by atoms with E-state index in [0.29, 0.717) is 41.7 Å². The molecule has 0 spiro atoms. The zero-order valence-corrected chi connectivity index (χ0v) is 24.7. The molecule has 6 heteroatoms. The fraction of sp³-hybridized carbons (Fsp3) is 0.229. The maximum Gasteiger partial charge on any atom is 0.214 e. The van der Waals surface area contributed by atoms with E-state index >= 15 is 0 Å². The summed E-state index contributed by atoms with van der Waals surface area (Å²) in [6.07, 6.45) is 9.87. The summed E-state index contributed by atoms with van der Waals surface area (Å²) in [6, 6.07) is 19.3. The SMILES string of the molecule is CN(C)CCC(O)(C1=C=C=Cc2ccccc21)C(c1ccccc1)c1cc(C2=C/C=C(/Br)CC/C(F)=C\2)cnc1O. The van der Waals surface area contributed by atoms with Crippen LogP contribution in [0.15, 0.2) is 107 Å². The van der Waals surface area contributed by atoms with E-state index in [-0.39, 0.29) is 18.1 Å². The molecule has 1 aromatic heterocycles. The van der Waals surface area contributed by atoms with Crippen molar-refractivity contribution in [2.75, 3.05) is 20.6 Å². The highest BCUT2D eigenvalue weighted by atomic mass is 79.9. The first-order chi connectivity index (χ1) is 19.8. The van der Waals surface area contributed by atoms with Crippen LogP contribution in [0.4, 0.5) is 4.39 Å². The van der Waals surface area contributed by atoms with Crippen molar-refractivity contribution in [3.05, 3.63) is 135 Å². The van der Waals surface area contributed by atoms with Crippen LogP contribution in [0, 0.1) is 0 Å². The summed E-state index contributed by atoms with van der Waals surface area (Å²) in [5, 5.41) is 24.2. The Hall–Kier alpha value is -3.76. The number of hydrogen-bond acceptors (Lipinski definition) is 4. The molecule has 2 aliphatic carbocycles. The van der Waals surface area contributed by atoms with Crippen molar-refractivity contribution in [3.8, 4) is 5.88 Å². The minimum absolute atomic E-state index is 0.192. The fourth-order valence-corrected chi connectivity index (χ4v) is 5.76. The molecule has 3 aromatic rings. The van der Waals surface area contributed by atoms with Gasteiger partial charge in [0.1, 0.15) is 11.4 Å². The zero-order valence-electron chi connectivity index (χ0n) is 23.1. The minimum atomic E-state index is -1.51. The van der Waals surface area contributed by atoms with E-state index in [1.807, 2.05) is 97.9 Å². The van der Waals surface area contributed by atoms with E-state index in [2.05, 4.69) is 32.4 Å². The third kappa shape index (κ3) is 6.28. The lowest BCUT2D eigenvalue weighted by Crippen LogP contribution is -2.41. The molecule has 0 saturated heterocycles. The highest BCUT2D eigenvalue weighted by Gasteiger charge is 2.45. The largest absolute Gasteiger partial charge is 0.493 e. The first kappa shape index (κ1) is 28.8. The lowest BCUT2D eigenvalue weighted by atomic mass is 9.69. The number of pyridine rings is 1. The van der Waals surface area contributed by atoms with Gasteiger partial charge in [0.25, 0.3) is 0 Å². The summed E-state index contributed by atoms with van der Waals surface area (Å²) in [7, 11) is 3.92. The molecule has 2 N–H and O–H groups in total. The molecule has 2 atom stereocenters. The number of nitrogens with zero attached hydrogens (tertiary/aromatic N) is 2. The molecule has 2 aromatic carbocycles. The summed E-state index contributed by atoms with van der Waals surface area (Å²) >= 11 is 3.50. The molecular formula is C35H32BrFN2O2. The average molecular weight is 612 g/mol. The van der Waals surface area contributed by atoms with Gasteiger partial charge in [-0.1, -0.05) is 94.1 Å². The van der Waals surface area contributed by atoms with Crippen LogP contribution in [-0.4, -0.2) is 46.3 Å². The third-order valence-electron chi connectivity index (χ3n) is 7.54. The Morgan fingerprint density at radius 1 is 1.07 bits per heavy atom. The number of halogens is 2. The monoisotopic (exact) mass is 610 g/mol. The van der Waals surface area contributed by atoms with Crippen LogP contribution in [0.5, 0.6) is 5.88 Å². The van der Waals surface area contributed by atoms with Gasteiger partial charge in [-0.25, -0.2) is 9.37 Å². The molecule has 0 aliphatic heterocycles. The maximum atomic E-state index is 14.7. The maximum absolute atomic E-state index is 14.7. The van der Waals surface area contributed by atoms with Crippen LogP contribution < -0.4 is 0 Å². The molecule has 0 amide bonds. The number of aromatic hydroxyl groups is 1. The van der Waals surface area contributed by atoms with Crippen LogP contribution in [0.1, 0.15) is 53.0 Å². The smallest absolute Gasteiger partial charge is 0.214 e. The second-order valence-corrected chi connectivity index (χ2v) is 11.7. The Labute approximate surface area is 249 Å². The highest BCUT2D eigenvalue weighted by molar-refractivity contribution is 9.11. The van der Waals surface area contributed by atoms with Crippen LogP contribution in [0.25, 0.3) is 17.2 Å². The van der Waals surface area contributed by atoms with Gasteiger partial charge < -0.3 is 15.1 Å². The van der Waals surface area contributed by atoms with Crippen LogP contribution in [-0.2, 0) is 0 Å². The van der Waals surface area contributed by atoms with Gasteiger partial charge in [0, 0.05) is 41.8 Å². The quantitative estimate of drug-likeness (QED) is 0.256. The van der Waals surface area contributed by atoms with E-state index in [9.17, 15) is 14.6 Å². The Morgan fingerprint density at radius 2 is 1.83 bits per heavy atom. The standard InChI is InChI=1S/C35H32BrFN2O2/c1-39(2)20-19-35(41,32-14-8-12-24-9-6-7-13-30(24)32)33(25-10-4-3-5-11-25)31-22-27(23-38-34(31)40)26-15-16-28(36)17-18-29(37)21-26/h3-7,9-13,15-16,21-23,33,41H,17-20H2,1-2H3,(H,38,40)/b26-15+,28-16+,29-21+. The van der Waals surface area contributed by atoms with E-state index in [4.69, 9.17) is 0 Å². The summed E-state index contributed by atoms with van der Waals surface area (Å²) in [6.45, 7) is 0.572. The fourth-order valence-electron chi connectivity index (χ4n) is 5.43. The molecule has 208 valence electrons. The number of rotatable bonds is 8. The molecule has 0 fully saturated rings. The Kier molecular flexibility index (Phi) is 8.70. The second-order valence-electron chi connectivity index (χ2n) is 10.7. The Balaban J connectivity index is 1.75. The van der Waals surface area contributed by atoms with E-state index in [1.165, 1.54) is 12.3 Å². The summed E-state index contributed by atoms with van der Waals surface area (Å²) < 4.78 is 15.6. The lowest BCUT2D eigenvalue weighted by Gasteiger charge is -2.39. The lowest BCUT2D eigenvalue weighted by molar-refractivity contribution is 0.0659. The highest BCUT2D eigenvalue weighted by Crippen LogP contribution is 2.48. The van der Waals surface area contributed by atoms with Crippen molar-refractivity contribution in [1.82, 2.24) is 9.88 Å². The van der Waals surface area contributed by atoms with Gasteiger partial charge in [0.15, 0.2) is 0 Å². The predicted molar refractivity (Wildman–Crippen MR) is 167 cm³/mol. The molecule has 1 heterocycles. The van der Waals surface area contributed by atoms with Crippen molar-refractivity contribution in [1.29, 1.82) is 0 Å². The van der Waals surface area contributed by atoms with Gasteiger partial charge in [-0.05, 0) is 71.9 Å². The molecular weight excluding hydrogens is 579 g/mol. The van der Waals surface area contributed by atoms with Gasteiger partial charge >= 0.3 is 0 Å². The van der Waals surface area contributed by atoms with Gasteiger partial charge in [0.2, 0.25) is 5.88 Å². The molecule has 4 nitrogen and oxygen atoms in total. The van der Waals surface area contributed by atoms with Crippen molar-refractivity contribution < 1.29 is 14.6 Å². The summed E-state index contributed by atoms with van der Waals surface area (Å²) in [5.74, 6) is -1.15. The first-order valence-corrected chi connectivity index (χ1v) is 14.4. The predicted octanol–water partition coefficient (Wildman–Crippen LogP) is 7.78. The van der Waals surface area contributed by atoms with E-state index in [1.54, 1.807) is 0 Å². The Morgan fingerprint density at radius 3 is 2.61 bits per heavy atom. The Bertz CT molecular complexity index is 1640. The summed E-state index contributed by atoms with van der Waals surface area (Å²) in [5.41, 5.74) is 9.74. The number of benzene rings is 2. The molecule has 2 unspecified atom stereocenters. The van der Waals surface area contributed by atoms with Gasteiger partial charge in [-0.2, -0.15) is 0 Å². The summed E-state index contributed by atoms with van der Waals surface area (Å²) in [4.78, 5) is 6.38. The number of aromatic nitrogens is 1. The number of allylic oxidation sites excluding steroid dienone is 6. The minimum Gasteiger partial charge on any atom is -0.493 e. The van der Waals surface area contributed by atoms with Crippen molar-refractivity contribution in [3.63, 3.8) is 0 Å². The van der Waals surface area contributed by atoms with Crippen molar-refractivity contribution >= 4 is 33.2 Å².